The second-order valence-electron chi connectivity index (χ2n) is 4.01. The molecule has 1 saturated heterocycles. The molecular weight excluding hydrogens is 194 g/mol. The predicted octanol–water partition coefficient (Wildman–Crippen LogP) is 1.21. The zero-order valence-corrected chi connectivity index (χ0v) is 9.61. The van der Waals surface area contributed by atoms with Gasteiger partial charge in [0.2, 0.25) is 0 Å². The summed E-state index contributed by atoms with van der Waals surface area (Å²) in [6, 6.07) is -0.330. The Labute approximate surface area is 91.2 Å². The van der Waals surface area contributed by atoms with Gasteiger partial charge in [0.05, 0.1) is 13.2 Å². The van der Waals surface area contributed by atoms with Crippen LogP contribution < -0.4 is 0 Å². The number of ether oxygens (including phenoxy) is 1. The average Bonchev–Trinajstić information content (AvgIpc) is 2.26. The molecule has 0 radical (unpaired) electrons. The minimum Gasteiger partial charge on any atom is -0.480 e. The average molecular weight is 215 g/mol. The van der Waals surface area contributed by atoms with Crippen LogP contribution in [0.25, 0.3) is 0 Å². The fourth-order valence-corrected chi connectivity index (χ4v) is 2.25. The number of rotatable bonds is 5. The number of hydrogen-bond acceptors (Lipinski definition) is 3. The smallest absolute Gasteiger partial charge is 0.321 e. The highest BCUT2D eigenvalue weighted by atomic mass is 16.5. The van der Waals surface area contributed by atoms with Crippen molar-refractivity contribution in [2.24, 2.45) is 5.92 Å². The lowest BCUT2D eigenvalue weighted by Gasteiger charge is -2.35. The third kappa shape index (κ3) is 3.18. The first kappa shape index (κ1) is 12.5. The molecule has 1 fully saturated rings. The van der Waals surface area contributed by atoms with E-state index in [9.17, 15) is 9.90 Å². The second kappa shape index (κ2) is 6.08. The van der Waals surface area contributed by atoms with Gasteiger partial charge in [0.1, 0.15) is 6.04 Å². The van der Waals surface area contributed by atoms with Crippen LogP contribution in [0.2, 0.25) is 0 Å². The van der Waals surface area contributed by atoms with E-state index in [0.717, 1.165) is 25.9 Å². The van der Waals surface area contributed by atoms with E-state index in [0.29, 0.717) is 13.2 Å². The first-order valence-corrected chi connectivity index (χ1v) is 5.75. The summed E-state index contributed by atoms with van der Waals surface area (Å²) in [7, 11) is 0. The van der Waals surface area contributed by atoms with E-state index in [1.54, 1.807) is 0 Å². The molecule has 4 heteroatoms. The van der Waals surface area contributed by atoms with Gasteiger partial charge in [-0.05, 0) is 5.92 Å². The molecule has 1 unspecified atom stereocenters. The molecule has 15 heavy (non-hydrogen) atoms. The molecule has 1 aliphatic heterocycles. The van der Waals surface area contributed by atoms with E-state index in [1.165, 1.54) is 0 Å². The van der Waals surface area contributed by atoms with Crippen molar-refractivity contribution in [2.45, 2.75) is 32.7 Å². The molecule has 0 aromatic carbocycles. The van der Waals surface area contributed by atoms with Gasteiger partial charge in [-0.1, -0.05) is 26.7 Å². The predicted molar refractivity (Wildman–Crippen MR) is 57.9 cm³/mol. The van der Waals surface area contributed by atoms with Crippen LogP contribution >= 0.6 is 0 Å². The van der Waals surface area contributed by atoms with Crippen molar-refractivity contribution < 1.29 is 14.6 Å². The number of nitrogens with zero attached hydrogens (tertiary/aromatic N) is 1. The van der Waals surface area contributed by atoms with Crippen LogP contribution in [-0.2, 0) is 9.53 Å². The van der Waals surface area contributed by atoms with Gasteiger partial charge in [0, 0.05) is 13.1 Å². The van der Waals surface area contributed by atoms with Gasteiger partial charge in [-0.25, -0.2) is 0 Å². The maximum atomic E-state index is 11.3. The van der Waals surface area contributed by atoms with Crippen molar-refractivity contribution in [3.63, 3.8) is 0 Å². The highest BCUT2D eigenvalue weighted by Gasteiger charge is 2.32. The fourth-order valence-electron chi connectivity index (χ4n) is 2.25. The molecule has 0 aromatic heterocycles. The third-order valence-electron chi connectivity index (χ3n) is 3.19. The second-order valence-corrected chi connectivity index (χ2v) is 4.01. The monoisotopic (exact) mass is 215 g/mol. The molecule has 0 aromatic rings. The van der Waals surface area contributed by atoms with Crippen LogP contribution in [-0.4, -0.2) is 48.3 Å². The van der Waals surface area contributed by atoms with Crippen molar-refractivity contribution in [3.05, 3.63) is 0 Å². The summed E-state index contributed by atoms with van der Waals surface area (Å²) in [5.74, 6) is -0.439. The Balaban J connectivity index is 2.66. The Morgan fingerprint density at radius 2 is 1.87 bits per heavy atom. The van der Waals surface area contributed by atoms with E-state index >= 15 is 0 Å². The van der Waals surface area contributed by atoms with Crippen LogP contribution in [0.3, 0.4) is 0 Å². The van der Waals surface area contributed by atoms with Crippen molar-refractivity contribution >= 4 is 5.97 Å². The Morgan fingerprint density at radius 3 is 2.27 bits per heavy atom. The van der Waals surface area contributed by atoms with Gasteiger partial charge in [-0.3, -0.25) is 9.69 Å². The van der Waals surface area contributed by atoms with Crippen LogP contribution in [0.4, 0.5) is 0 Å². The quantitative estimate of drug-likeness (QED) is 0.749. The van der Waals surface area contributed by atoms with Crippen molar-refractivity contribution in [1.29, 1.82) is 0 Å². The molecule has 88 valence electrons. The van der Waals surface area contributed by atoms with Gasteiger partial charge in [0.25, 0.3) is 0 Å². The first-order valence-electron chi connectivity index (χ1n) is 5.75. The SMILES string of the molecule is CCC(CC)C(C(=O)O)N1CCOCC1. The van der Waals surface area contributed by atoms with Crippen molar-refractivity contribution in [3.8, 4) is 0 Å². The molecule has 1 aliphatic rings. The normalized spacial score (nSPS) is 20.5. The van der Waals surface area contributed by atoms with Gasteiger partial charge in [-0.15, -0.1) is 0 Å². The maximum absolute atomic E-state index is 11.3. The molecule has 1 atom stereocenters. The molecule has 0 spiro atoms. The van der Waals surface area contributed by atoms with Crippen molar-refractivity contribution in [1.82, 2.24) is 4.90 Å². The molecule has 0 bridgehead atoms. The Bertz CT molecular complexity index is 198. The molecule has 1 rings (SSSR count). The summed E-state index contributed by atoms with van der Waals surface area (Å²) in [6.07, 6.45) is 1.84. The number of carbonyl (C=O) groups is 1. The number of morpholine rings is 1. The highest BCUT2D eigenvalue weighted by molar-refractivity contribution is 5.73. The Kier molecular flexibility index (Phi) is 5.05. The largest absolute Gasteiger partial charge is 0.480 e. The summed E-state index contributed by atoms with van der Waals surface area (Å²) in [6.45, 7) is 6.92. The molecule has 0 amide bonds. The number of carboxylic acid groups (broad SMARTS) is 1. The van der Waals surface area contributed by atoms with E-state index in [-0.39, 0.29) is 12.0 Å². The number of aliphatic carboxylic acids is 1. The van der Waals surface area contributed by atoms with E-state index in [2.05, 4.69) is 13.8 Å². The minimum absolute atomic E-state index is 0.251. The Morgan fingerprint density at radius 1 is 1.33 bits per heavy atom. The van der Waals surface area contributed by atoms with Gasteiger partial charge < -0.3 is 9.84 Å². The summed E-state index contributed by atoms with van der Waals surface area (Å²) < 4.78 is 5.24. The summed E-state index contributed by atoms with van der Waals surface area (Å²) >= 11 is 0. The lowest BCUT2D eigenvalue weighted by atomic mass is 9.92. The minimum atomic E-state index is -0.689. The lowest BCUT2D eigenvalue weighted by Crippen LogP contribution is -2.50. The standard InChI is InChI=1S/C11H21NO3/c1-3-9(4-2)10(11(13)14)12-5-7-15-8-6-12/h9-10H,3-8H2,1-2H3,(H,13,14). The van der Waals surface area contributed by atoms with Crippen LogP contribution in [0, 0.1) is 5.92 Å². The molecule has 4 nitrogen and oxygen atoms in total. The maximum Gasteiger partial charge on any atom is 0.321 e. The van der Waals surface area contributed by atoms with E-state index in [1.807, 2.05) is 4.90 Å². The molecule has 0 saturated carbocycles. The van der Waals surface area contributed by atoms with Crippen LogP contribution in [0.1, 0.15) is 26.7 Å². The zero-order valence-electron chi connectivity index (χ0n) is 9.61. The van der Waals surface area contributed by atoms with Crippen molar-refractivity contribution in [2.75, 3.05) is 26.3 Å². The van der Waals surface area contributed by atoms with Gasteiger partial charge in [0.15, 0.2) is 0 Å². The fraction of sp³-hybridized carbons (Fsp3) is 0.909. The van der Waals surface area contributed by atoms with E-state index in [4.69, 9.17) is 4.74 Å². The summed E-state index contributed by atoms with van der Waals surface area (Å²) in [5.41, 5.74) is 0. The first-order chi connectivity index (χ1) is 7.20. The summed E-state index contributed by atoms with van der Waals surface area (Å²) in [5, 5.41) is 9.28. The van der Waals surface area contributed by atoms with Crippen LogP contribution in [0.5, 0.6) is 0 Å². The molecular formula is C11H21NO3. The number of hydrogen-bond donors (Lipinski definition) is 1. The lowest BCUT2D eigenvalue weighted by molar-refractivity contribution is -0.147. The highest BCUT2D eigenvalue weighted by Crippen LogP contribution is 2.20. The molecule has 1 N–H and O–H groups in total. The van der Waals surface area contributed by atoms with Gasteiger partial charge >= 0.3 is 5.97 Å². The zero-order chi connectivity index (χ0) is 11.3. The molecule has 0 aliphatic carbocycles. The topological polar surface area (TPSA) is 49.8 Å². The van der Waals surface area contributed by atoms with Crippen LogP contribution in [0.15, 0.2) is 0 Å². The molecule has 1 heterocycles. The number of carboxylic acids is 1. The van der Waals surface area contributed by atoms with E-state index < -0.39 is 5.97 Å². The van der Waals surface area contributed by atoms with Gasteiger partial charge in [-0.2, -0.15) is 0 Å². The summed E-state index contributed by atoms with van der Waals surface area (Å²) in [4.78, 5) is 13.3. The third-order valence-corrected chi connectivity index (χ3v) is 3.19. The Hall–Kier alpha value is -0.610.